The van der Waals surface area contributed by atoms with E-state index in [-0.39, 0.29) is 17.7 Å². The molecule has 0 aromatic carbocycles. The van der Waals surface area contributed by atoms with Gasteiger partial charge in [-0.15, -0.1) is 0 Å². The second-order valence-electron chi connectivity index (χ2n) is 7.51. The Morgan fingerprint density at radius 1 is 0.913 bits per heavy atom. The molecular formula is C18H31N3O2. The van der Waals surface area contributed by atoms with Crippen molar-refractivity contribution in [2.75, 3.05) is 26.2 Å². The molecule has 0 spiro atoms. The third-order valence-electron chi connectivity index (χ3n) is 5.61. The van der Waals surface area contributed by atoms with Crippen LogP contribution in [0.5, 0.6) is 0 Å². The number of hydrogen-bond donors (Lipinski definition) is 1. The molecule has 1 N–H and O–H groups in total. The fraction of sp³-hybridized carbons (Fsp3) is 0.889. The summed E-state index contributed by atoms with van der Waals surface area (Å²) in [6.45, 7) is 5.56. The van der Waals surface area contributed by atoms with Crippen LogP contribution in [0.25, 0.3) is 0 Å². The standard InChI is InChI=1S/C18H31N3O2/c1-14(19-17(22)15-6-3-2-4-7-15)18(23)21-11-5-10-20(12-13-21)16-8-9-16/h14-16H,2-13H2,1H3,(H,19,22). The maximum absolute atomic E-state index is 12.7. The molecule has 5 nitrogen and oxygen atoms in total. The highest BCUT2D eigenvalue weighted by atomic mass is 16.2. The van der Waals surface area contributed by atoms with Gasteiger partial charge in [0, 0.05) is 38.1 Å². The lowest BCUT2D eigenvalue weighted by molar-refractivity contribution is -0.137. The van der Waals surface area contributed by atoms with Crippen molar-refractivity contribution < 1.29 is 9.59 Å². The third-order valence-corrected chi connectivity index (χ3v) is 5.61. The highest BCUT2D eigenvalue weighted by molar-refractivity contribution is 5.88. The van der Waals surface area contributed by atoms with Crippen molar-refractivity contribution in [3.05, 3.63) is 0 Å². The lowest BCUT2D eigenvalue weighted by Crippen LogP contribution is -2.49. The van der Waals surface area contributed by atoms with Crippen molar-refractivity contribution in [2.45, 2.75) is 70.4 Å². The van der Waals surface area contributed by atoms with E-state index in [2.05, 4.69) is 10.2 Å². The lowest BCUT2D eigenvalue weighted by Gasteiger charge is -2.27. The van der Waals surface area contributed by atoms with Gasteiger partial charge in [0.15, 0.2) is 0 Å². The molecule has 0 bridgehead atoms. The molecule has 3 rings (SSSR count). The maximum atomic E-state index is 12.7. The van der Waals surface area contributed by atoms with Gasteiger partial charge < -0.3 is 10.2 Å². The van der Waals surface area contributed by atoms with Crippen LogP contribution in [0, 0.1) is 5.92 Å². The number of carbonyl (C=O) groups is 2. The summed E-state index contributed by atoms with van der Waals surface area (Å²) in [5, 5.41) is 2.97. The summed E-state index contributed by atoms with van der Waals surface area (Å²) < 4.78 is 0. The highest BCUT2D eigenvalue weighted by Crippen LogP contribution is 2.27. The van der Waals surface area contributed by atoms with Gasteiger partial charge >= 0.3 is 0 Å². The van der Waals surface area contributed by atoms with Crippen molar-refractivity contribution in [2.24, 2.45) is 5.92 Å². The molecule has 3 aliphatic rings. The van der Waals surface area contributed by atoms with Crippen LogP contribution in [-0.4, -0.2) is 59.9 Å². The minimum absolute atomic E-state index is 0.0833. The fourth-order valence-electron chi connectivity index (χ4n) is 3.99. The Kier molecular flexibility index (Phi) is 5.57. The van der Waals surface area contributed by atoms with Crippen LogP contribution in [0.15, 0.2) is 0 Å². The molecule has 1 saturated heterocycles. The van der Waals surface area contributed by atoms with Crippen LogP contribution in [0.4, 0.5) is 0 Å². The number of nitrogens with one attached hydrogen (secondary N) is 1. The largest absolute Gasteiger partial charge is 0.344 e. The summed E-state index contributed by atoms with van der Waals surface area (Å²) in [7, 11) is 0. The van der Waals surface area contributed by atoms with Gasteiger partial charge in [-0.2, -0.15) is 0 Å². The summed E-state index contributed by atoms with van der Waals surface area (Å²) >= 11 is 0. The van der Waals surface area contributed by atoms with Gasteiger partial charge in [0.25, 0.3) is 0 Å². The van der Waals surface area contributed by atoms with Crippen LogP contribution in [-0.2, 0) is 9.59 Å². The lowest BCUT2D eigenvalue weighted by atomic mass is 9.88. The minimum atomic E-state index is -0.392. The van der Waals surface area contributed by atoms with Gasteiger partial charge in [0.05, 0.1) is 0 Å². The van der Waals surface area contributed by atoms with Crippen LogP contribution >= 0.6 is 0 Å². The molecule has 2 aliphatic carbocycles. The first-order valence-electron chi connectivity index (χ1n) is 9.48. The van der Waals surface area contributed by atoms with E-state index < -0.39 is 6.04 Å². The maximum Gasteiger partial charge on any atom is 0.244 e. The molecule has 23 heavy (non-hydrogen) atoms. The summed E-state index contributed by atoms with van der Waals surface area (Å²) in [6.07, 6.45) is 9.17. The third kappa shape index (κ3) is 4.46. The van der Waals surface area contributed by atoms with Crippen molar-refractivity contribution in [1.29, 1.82) is 0 Å². The first-order valence-corrected chi connectivity index (χ1v) is 9.48. The normalized spacial score (nSPS) is 25.7. The van der Waals surface area contributed by atoms with Gasteiger partial charge in [-0.25, -0.2) is 0 Å². The quantitative estimate of drug-likeness (QED) is 0.858. The van der Waals surface area contributed by atoms with Gasteiger partial charge in [-0.1, -0.05) is 19.3 Å². The zero-order valence-corrected chi connectivity index (χ0v) is 14.4. The predicted octanol–water partition coefficient (Wildman–Crippen LogP) is 1.77. The number of amides is 2. The Bertz CT molecular complexity index is 430. The monoisotopic (exact) mass is 321 g/mol. The molecule has 1 heterocycles. The Morgan fingerprint density at radius 3 is 2.35 bits per heavy atom. The summed E-state index contributed by atoms with van der Waals surface area (Å²) in [5.74, 6) is 0.292. The van der Waals surface area contributed by atoms with Crippen LogP contribution in [0.3, 0.4) is 0 Å². The van der Waals surface area contributed by atoms with E-state index in [9.17, 15) is 9.59 Å². The van der Waals surface area contributed by atoms with Gasteiger partial charge in [-0.05, 0) is 39.0 Å². The molecule has 3 fully saturated rings. The molecule has 0 radical (unpaired) electrons. The molecule has 0 aromatic rings. The van der Waals surface area contributed by atoms with E-state index >= 15 is 0 Å². The zero-order chi connectivity index (χ0) is 16.2. The van der Waals surface area contributed by atoms with E-state index in [1.54, 1.807) is 0 Å². The molecule has 2 amide bonds. The number of rotatable bonds is 4. The molecule has 1 aliphatic heterocycles. The highest BCUT2D eigenvalue weighted by Gasteiger charge is 2.32. The SMILES string of the molecule is CC(NC(=O)C1CCCCC1)C(=O)N1CCCN(C2CC2)CC1. The average Bonchev–Trinajstić information content (AvgIpc) is 3.40. The van der Waals surface area contributed by atoms with Crippen molar-refractivity contribution in [3.63, 3.8) is 0 Å². The van der Waals surface area contributed by atoms with E-state index in [4.69, 9.17) is 0 Å². The predicted molar refractivity (Wildman–Crippen MR) is 90.0 cm³/mol. The van der Waals surface area contributed by atoms with Crippen molar-refractivity contribution >= 4 is 11.8 Å². The Balaban J connectivity index is 1.47. The van der Waals surface area contributed by atoms with Gasteiger partial charge in [0.2, 0.25) is 11.8 Å². The molecular weight excluding hydrogens is 290 g/mol. The van der Waals surface area contributed by atoms with E-state index in [1.807, 2.05) is 11.8 Å². The minimum Gasteiger partial charge on any atom is -0.344 e. The second-order valence-corrected chi connectivity index (χ2v) is 7.51. The first-order chi connectivity index (χ1) is 11.1. The first kappa shape index (κ1) is 16.7. The molecule has 2 saturated carbocycles. The molecule has 1 unspecified atom stereocenters. The molecule has 0 aromatic heterocycles. The van der Waals surface area contributed by atoms with Gasteiger partial charge in [-0.3, -0.25) is 14.5 Å². The van der Waals surface area contributed by atoms with Crippen molar-refractivity contribution in [1.82, 2.24) is 15.1 Å². The zero-order valence-electron chi connectivity index (χ0n) is 14.4. The van der Waals surface area contributed by atoms with Crippen LogP contribution < -0.4 is 5.32 Å². The smallest absolute Gasteiger partial charge is 0.244 e. The Labute approximate surface area is 139 Å². The summed E-state index contributed by atoms with van der Waals surface area (Å²) in [6, 6.07) is 0.380. The van der Waals surface area contributed by atoms with Gasteiger partial charge in [0.1, 0.15) is 6.04 Å². The summed E-state index contributed by atoms with van der Waals surface area (Å²) in [4.78, 5) is 29.5. The Morgan fingerprint density at radius 2 is 1.65 bits per heavy atom. The number of carbonyl (C=O) groups excluding carboxylic acids is 2. The average molecular weight is 321 g/mol. The Hall–Kier alpha value is -1.10. The van der Waals surface area contributed by atoms with Crippen LogP contribution in [0.1, 0.15) is 58.3 Å². The molecule has 1 atom stereocenters. The van der Waals surface area contributed by atoms with E-state index in [1.165, 1.54) is 19.3 Å². The van der Waals surface area contributed by atoms with Crippen LogP contribution in [0.2, 0.25) is 0 Å². The summed E-state index contributed by atoms with van der Waals surface area (Å²) in [5.41, 5.74) is 0. The number of hydrogen-bond acceptors (Lipinski definition) is 3. The topological polar surface area (TPSA) is 52.7 Å². The van der Waals surface area contributed by atoms with E-state index in [0.717, 1.165) is 64.3 Å². The van der Waals surface area contributed by atoms with E-state index in [0.29, 0.717) is 0 Å². The molecule has 5 heteroatoms. The van der Waals surface area contributed by atoms with Crippen molar-refractivity contribution in [3.8, 4) is 0 Å². The fourth-order valence-corrected chi connectivity index (χ4v) is 3.99. The second kappa shape index (κ2) is 7.65. The number of nitrogens with zero attached hydrogens (tertiary/aromatic N) is 2. The molecule has 130 valence electrons.